The summed E-state index contributed by atoms with van der Waals surface area (Å²) in [6.07, 6.45) is 8.94. The van der Waals surface area contributed by atoms with E-state index in [-0.39, 0.29) is 5.41 Å². The molecule has 0 aromatic heterocycles. The highest BCUT2D eigenvalue weighted by Gasteiger charge is 2.49. The van der Waals surface area contributed by atoms with Crippen molar-refractivity contribution in [3.05, 3.63) is 292 Å². The first-order chi connectivity index (χ1) is 35.6. The zero-order chi connectivity index (χ0) is 47.4. The molecule has 0 saturated carbocycles. The number of nitrogens with zero attached hydrogens (tertiary/aromatic N) is 2. The largest absolute Gasteiger partial charge is 0.341 e. The van der Waals surface area contributed by atoms with E-state index in [1.165, 1.54) is 122 Å². The van der Waals surface area contributed by atoms with Gasteiger partial charge in [-0.3, -0.25) is 0 Å². The van der Waals surface area contributed by atoms with Crippen LogP contribution < -0.4 is 9.80 Å². The number of rotatable bonds is 6. The molecule has 0 unspecified atom stereocenters. The van der Waals surface area contributed by atoms with Crippen LogP contribution in [0.15, 0.2) is 240 Å². The lowest BCUT2D eigenvalue weighted by Gasteiger charge is -2.36. The molecule has 0 bridgehead atoms. The number of hydrogen-bond donors (Lipinski definition) is 0. The van der Waals surface area contributed by atoms with Crippen LogP contribution in [-0.4, -0.2) is 6.54 Å². The summed E-state index contributed by atoms with van der Waals surface area (Å²) >= 11 is 1.87. The summed E-state index contributed by atoms with van der Waals surface area (Å²) in [5.41, 5.74) is 25.8. The number of para-hydroxylation sites is 3. The van der Waals surface area contributed by atoms with E-state index in [0.29, 0.717) is 0 Å². The van der Waals surface area contributed by atoms with Crippen molar-refractivity contribution in [2.45, 2.75) is 46.3 Å². The maximum atomic E-state index is 2.55. The summed E-state index contributed by atoms with van der Waals surface area (Å²) in [4.78, 5) is 7.60. The van der Waals surface area contributed by atoms with Gasteiger partial charge in [0.1, 0.15) is 0 Å². The van der Waals surface area contributed by atoms with Gasteiger partial charge in [0.2, 0.25) is 0 Å². The Bertz CT molecular complexity index is 3740. The summed E-state index contributed by atoms with van der Waals surface area (Å²) in [6.45, 7) is 1.01. The molecule has 3 heteroatoms. The lowest BCUT2D eigenvalue weighted by atomic mass is 9.67. The van der Waals surface area contributed by atoms with Crippen LogP contribution in [0.25, 0.3) is 34.4 Å². The van der Waals surface area contributed by atoms with Crippen molar-refractivity contribution < 1.29 is 0 Å². The van der Waals surface area contributed by atoms with Crippen molar-refractivity contribution in [1.82, 2.24) is 0 Å². The Morgan fingerprint density at radius 2 is 0.847 bits per heavy atom. The minimum absolute atomic E-state index is 0.169. The molecule has 10 aromatic carbocycles. The zero-order valence-electron chi connectivity index (χ0n) is 39.9. The molecule has 0 saturated heterocycles. The van der Waals surface area contributed by atoms with Gasteiger partial charge in [0.15, 0.2) is 0 Å². The highest BCUT2D eigenvalue weighted by atomic mass is 32.2. The summed E-state index contributed by atoms with van der Waals surface area (Å²) < 4.78 is 0. The number of hydrogen-bond acceptors (Lipinski definition) is 3. The molecule has 3 aliphatic carbocycles. The van der Waals surface area contributed by atoms with Gasteiger partial charge in [-0.05, 0) is 170 Å². The molecule has 0 N–H and O–H groups in total. The molecule has 2 aliphatic heterocycles. The minimum atomic E-state index is -0.512. The lowest BCUT2D eigenvalue weighted by molar-refractivity contribution is 0.563. The van der Waals surface area contributed by atoms with Gasteiger partial charge >= 0.3 is 0 Å². The average molecular weight is 939 g/mol. The molecule has 10 aromatic rings. The Kier molecular flexibility index (Phi) is 9.38. The molecular formula is C69H50N2S. The molecule has 72 heavy (non-hydrogen) atoms. The van der Waals surface area contributed by atoms with E-state index in [1.807, 2.05) is 11.8 Å². The van der Waals surface area contributed by atoms with Gasteiger partial charge in [-0.2, -0.15) is 0 Å². The van der Waals surface area contributed by atoms with Gasteiger partial charge < -0.3 is 9.80 Å². The van der Waals surface area contributed by atoms with Gasteiger partial charge in [-0.1, -0.05) is 194 Å². The van der Waals surface area contributed by atoms with Crippen LogP contribution in [0.2, 0.25) is 0 Å². The molecular weight excluding hydrogens is 889 g/mol. The van der Waals surface area contributed by atoms with Crippen molar-refractivity contribution in [2.75, 3.05) is 16.3 Å². The first-order valence-electron chi connectivity index (χ1n) is 25.6. The molecule has 0 fully saturated rings. The molecule has 0 amide bonds. The molecule has 1 spiro atoms. The van der Waals surface area contributed by atoms with Gasteiger partial charge in [0.25, 0.3) is 0 Å². The average Bonchev–Trinajstić information content (AvgIpc) is 4.07. The molecule has 15 rings (SSSR count). The van der Waals surface area contributed by atoms with Gasteiger partial charge in [-0.15, -0.1) is 0 Å². The molecule has 5 aliphatic rings. The number of aryl methyl sites for hydroxylation is 1. The third kappa shape index (κ3) is 6.17. The Labute approximate surface area is 426 Å². The van der Waals surface area contributed by atoms with E-state index in [1.54, 1.807) is 0 Å². The highest BCUT2D eigenvalue weighted by molar-refractivity contribution is 7.99. The van der Waals surface area contributed by atoms with Crippen molar-refractivity contribution >= 4 is 52.4 Å². The van der Waals surface area contributed by atoms with E-state index in [2.05, 4.69) is 252 Å². The fraction of sp³-hybridized carbons (Fsp3) is 0.101. The van der Waals surface area contributed by atoms with Gasteiger partial charge in [0.05, 0.1) is 16.8 Å². The molecule has 2 heterocycles. The Morgan fingerprint density at radius 1 is 0.389 bits per heavy atom. The van der Waals surface area contributed by atoms with E-state index in [4.69, 9.17) is 0 Å². The Morgan fingerprint density at radius 3 is 1.47 bits per heavy atom. The van der Waals surface area contributed by atoms with Crippen LogP contribution >= 0.6 is 11.8 Å². The zero-order valence-corrected chi connectivity index (χ0v) is 40.7. The van der Waals surface area contributed by atoms with Gasteiger partial charge in [-0.25, -0.2) is 0 Å². The number of anilines is 5. The second-order valence-corrected chi connectivity index (χ2v) is 21.4. The lowest BCUT2D eigenvalue weighted by Crippen LogP contribution is -2.29. The molecule has 0 atom stereocenters. The van der Waals surface area contributed by atoms with Crippen molar-refractivity contribution in [1.29, 1.82) is 0 Å². The third-order valence-corrected chi connectivity index (χ3v) is 17.7. The van der Waals surface area contributed by atoms with Crippen LogP contribution in [0, 0.1) is 0 Å². The summed E-state index contributed by atoms with van der Waals surface area (Å²) in [7, 11) is 0. The predicted molar refractivity (Wildman–Crippen MR) is 300 cm³/mol. The van der Waals surface area contributed by atoms with E-state index in [0.717, 1.165) is 32.2 Å². The summed E-state index contributed by atoms with van der Waals surface area (Å²) in [5.74, 6) is 0. The van der Waals surface area contributed by atoms with Crippen molar-refractivity contribution in [2.24, 2.45) is 0 Å². The summed E-state index contributed by atoms with van der Waals surface area (Å²) in [5, 5.41) is 0. The highest BCUT2D eigenvalue weighted by Crippen LogP contribution is 2.60. The van der Waals surface area contributed by atoms with Crippen LogP contribution in [-0.2, 0) is 30.1 Å². The van der Waals surface area contributed by atoms with Crippen LogP contribution in [0.1, 0.15) is 67.6 Å². The molecule has 342 valence electrons. The smallest absolute Gasteiger partial charge is 0.0714 e. The van der Waals surface area contributed by atoms with E-state index >= 15 is 0 Å². The SMILES string of the molecule is C(=Cc1ccc2c(c1)C(c1ccccc1)(c1ccccc1)c1cc(N3CCCc4ccccc43)ccc1-2)c1ccc2c(c1)C1(Cc3ccccc3C1)c1cc(N3c4ccccc4Sc4ccccc43)ccc1-2. The first-order valence-corrected chi connectivity index (χ1v) is 26.4. The minimum Gasteiger partial charge on any atom is -0.341 e. The van der Waals surface area contributed by atoms with E-state index in [9.17, 15) is 0 Å². The van der Waals surface area contributed by atoms with Gasteiger partial charge in [0, 0.05) is 38.8 Å². The monoisotopic (exact) mass is 938 g/mol. The number of benzene rings is 10. The maximum Gasteiger partial charge on any atom is 0.0714 e. The first kappa shape index (κ1) is 41.7. The van der Waals surface area contributed by atoms with Crippen LogP contribution in [0.3, 0.4) is 0 Å². The van der Waals surface area contributed by atoms with Crippen molar-refractivity contribution in [3.8, 4) is 22.3 Å². The Balaban J connectivity index is 0.842. The third-order valence-electron chi connectivity index (χ3n) is 16.6. The van der Waals surface area contributed by atoms with Crippen molar-refractivity contribution in [3.63, 3.8) is 0 Å². The molecule has 0 radical (unpaired) electrons. The normalized spacial score (nSPS) is 15.8. The second kappa shape index (κ2) is 16.2. The maximum absolute atomic E-state index is 2.55. The second-order valence-electron chi connectivity index (χ2n) is 20.3. The summed E-state index contributed by atoms with van der Waals surface area (Å²) in [6, 6.07) is 87.3. The Hall–Kier alpha value is -8.11. The number of fused-ring (bicyclic) bond motifs is 12. The topological polar surface area (TPSA) is 6.48 Å². The van der Waals surface area contributed by atoms with Crippen LogP contribution in [0.4, 0.5) is 28.4 Å². The quantitative estimate of drug-likeness (QED) is 0.153. The fourth-order valence-electron chi connectivity index (χ4n) is 13.5. The standard InChI is InChI=1S/C69H50N2S/c1-3-20-51(21-4-1)69(52-22-5-2-6-23-52)61-41-47(32-36-57(61)58-37-33-53(42-62(58)69)70-39-15-19-48-16-9-10-24-63(48)70)30-29-46-31-35-55-56-38-34-54(71-64-25-11-13-27-66(64)72-67-28-14-12-26-65(67)71)43-60(56)68(59(55)40-46)44-49-17-7-8-18-50(49)45-68/h1-14,16-18,20-38,40-43H,15,19,39,44-45H2. The molecule has 2 nitrogen and oxygen atoms in total. The van der Waals surface area contributed by atoms with E-state index < -0.39 is 5.41 Å². The van der Waals surface area contributed by atoms with Crippen LogP contribution in [0.5, 0.6) is 0 Å². The fourth-order valence-corrected chi connectivity index (χ4v) is 14.5. The predicted octanol–water partition coefficient (Wildman–Crippen LogP) is 17.3.